The lowest BCUT2D eigenvalue weighted by atomic mass is 10.1. The van der Waals surface area contributed by atoms with Crippen LogP contribution in [-0.2, 0) is 0 Å². The number of aryl methyl sites for hydroxylation is 1. The molecular formula is C19H21N3O5S. The van der Waals surface area contributed by atoms with Gasteiger partial charge in [0, 0.05) is 37.8 Å². The summed E-state index contributed by atoms with van der Waals surface area (Å²) in [5.74, 6) is 0.451. The van der Waals surface area contributed by atoms with Gasteiger partial charge in [0.1, 0.15) is 5.75 Å². The standard InChI is InChI=1S/C19H21N3O5S/c1-3-27-15-5-4-14(12-13(15)2)18(23)20-8-10-21(11-9-20)19(24)16-6-7-17(28-16)22(25)26/h4-7,12H,3,8-11H2,1-2H3. The molecule has 1 aliphatic rings. The van der Waals surface area contributed by atoms with Gasteiger partial charge in [0.15, 0.2) is 0 Å². The fourth-order valence-electron chi connectivity index (χ4n) is 3.09. The molecule has 1 saturated heterocycles. The maximum atomic E-state index is 12.8. The first-order chi connectivity index (χ1) is 13.4. The summed E-state index contributed by atoms with van der Waals surface area (Å²) in [6, 6.07) is 8.19. The Bertz CT molecular complexity index is 903. The number of carbonyl (C=O) groups is 2. The van der Waals surface area contributed by atoms with Gasteiger partial charge in [-0.2, -0.15) is 0 Å². The average Bonchev–Trinajstić information content (AvgIpc) is 3.19. The smallest absolute Gasteiger partial charge is 0.324 e. The molecule has 2 heterocycles. The Morgan fingerprint density at radius 2 is 1.75 bits per heavy atom. The molecule has 0 atom stereocenters. The third kappa shape index (κ3) is 4.14. The van der Waals surface area contributed by atoms with Crippen molar-refractivity contribution < 1.29 is 19.2 Å². The molecule has 28 heavy (non-hydrogen) atoms. The van der Waals surface area contributed by atoms with Crippen LogP contribution in [0.1, 0.15) is 32.5 Å². The number of ether oxygens (including phenoxy) is 1. The van der Waals surface area contributed by atoms with E-state index < -0.39 is 4.92 Å². The van der Waals surface area contributed by atoms with Gasteiger partial charge in [-0.15, -0.1) is 0 Å². The molecule has 2 aromatic rings. The van der Waals surface area contributed by atoms with Crippen LogP contribution >= 0.6 is 11.3 Å². The quantitative estimate of drug-likeness (QED) is 0.565. The fourth-order valence-corrected chi connectivity index (χ4v) is 3.88. The highest BCUT2D eigenvalue weighted by atomic mass is 32.1. The third-order valence-electron chi connectivity index (χ3n) is 4.56. The number of nitro groups is 1. The summed E-state index contributed by atoms with van der Waals surface area (Å²) in [7, 11) is 0. The zero-order chi connectivity index (χ0) is 20.3. The normalized spacial score (nSPS) is 14.1. The lowest BCUT2D eigenvalue weighted by Gasteiger charge is -2.34. The van der Waals surface area contributed by atoms with E-state index in [1.807, 2.05) is 19.9 Å². The maximum Gasteiger partial charge on any atom is 0.324 e. The average molecular weight is 403 g/mol. The van der Waals surface area contributed by atoms with Gasteiger partial charge in [0.2, 0.25) is 0 Å². The largest absolute Gasteiger partial charge is 0.494 e. The van der Waals surface area contributed by atoms with Gasteiger partial charge in [-0.3, -0.25) is 19.7 Å². The lowest BCUT2D eigenvalue weighted by Crippen LogP contribution is -2.50. The Kier molecular flexibility index (Phi) is 5.93. The van der Waals surface area contributed by atoms with Gasteiger partial charge in [0.05, 0.1) is 16.4 Å². The van der Waals surface area contributed by atoms with E-state index in [0.29, 0.717) is 43.2 Å². The molecule has 0 N–H and O–H groups in total. The van der Waals surface area contributed by atoms with Gasteiger partial charge in [0.25, 0.3) is 11.8 Å². The number of hydrogen-bond donors (Lipinski definition) is 0. The molecule has 2 amide bonds. The van der Waals surface area contributed by atoms with Crippen LogP contribution < -0.4 is 4.74 Å². The van der Waals surface area contributed by atoms with Gasteiger partial charge in [-0.05, 0) is 43.7 Å². The van der Waals surface area contributed by atoms with E-state index in [4.69, 9.17) is 4.74 Å². The van der Waals surface area contributed by atoms with Gasteiger partial charge in [-0.1, -0.05) is 11.3 Å². The predicted molar refractivity (Wildman–Crippen MR) is 105 cm³/mol. The SMILES string of the molecule is CCOc1ccc(C(=O)N2CCN(C(=O)c3ccc([N+](=O)[O-])s3)CC2)cc1C. The Hall–Kier alpha value is -2.94. The molecule has 0 unspecified atom stereocenters. The molecule has 1 aromatic heterocycles. The molecule has 0 saturated carbocycles. The third-order valence-corrected chi connectivity index (χ3v) is 5.58. The highest BCUT2D eigenvalue weighted by Gasteiger charge is 2.27. The summed E-state index contributed by atoms with van der Waals surface area (Å²) in [5, 5.41) is 10.7. The van der Waals surface area contributed by atoms with Crippen LogP contribution in [0, 0.1) is 17.0 Å². The van der Waals surface area contributed by atoms with Crippen molar-refractivity contribution in [3.8, 4) is 5.75 Å². The number of rotatable bonds is 5. The van der Waals surface area contributed by atoms with Crippen molar-refractivity contribution in [1.82, 2.24) is 9.80 Å². The van der Waals surface area contributed by atoms with Crippen molar-refractivity contribution in [2.24, 2.45) is 0 Å². The monoisotopic (exact) mass is 403 g/mol. The fraction of sp³-hybridized carbons (Fsp3) is 0.368. The summed E-state index contributed by atoms with van der Waals surface area (Å²) in [5.41, 5.74) is 1.50. The molecule has 3 rings (SSSR count). The van der Waals surface area contributed by atoms with E-state index in [2.05, 4.69) is 0 Å². The molecular weight excluding hydrogens is 382 g/mol. The molecule has 9 heteroatoms. The Labute approximate surface area is 166 Å². The number of hydrogen-bond acceptors (Lipinski definition) is 6. The number of benzene rings is 1. The van der Waals surface area contributed by atoms with Gasteiger partial charge < -0.3 is 14.5 Å². The Morgan fingerprint density at radius 1 is 1.11 bits per heavy atom. The Morgan fingerprint density at radius 3 is 2.29 bits per heavy atom. The minimum atomic E-state index is -0.503. The second-order valence-corrected chi connectivity index (χ2v) is 7.45. The van der Waals surface area contributed by atoms with Crippen molar-refractivity contribution in [3.05, 3.63) is 56.5 Å². The first-order valence-electron chi connectivity index (χ1n) is 8.97. The van der Waals surface area contributed by atoms with Crippen molar-refractivity contribution in [3.63, 3.8) is 0 Å². The second-order valence-electron chi connectivity index (χ2n) is 6.39. The molecule has 8 nitrogen and oxygen atoms in total. The molecule has 0 aliphatic carbocycles. The van der Waals surface area contributed by atoms with Gasteiger partial charge in [-0.25, -0.2) is 0 Å². The van der Waals surface area contributed by atoms with Crippen LogP contribution in [-0.4, -0.2) is 59.3 Å². The van der Waals surface area contributed by atoms with Crippen molar-refractivity contribution in [2.45, 2.75) is 13.8 Å². The number of thiophene rings is 1. The zero-order valence-electron chi connectivity index (χ0n) is 15.7. The summed E-state index contributed by atoms with van der Waals surface area (Å²) < 4.78 is 5.51. The van der Waals surface area contributed by atoms with E-state index in [-0.39, 0.29) is 16.8 Å². The van der Waals surface area contributed by atoms with Gasteiger partial charge >= 0.3 is 5.00 Å². The number of nitrogens with zero attached hydrogens (tertiary/aromatic N) is 3. The van der Waals surface area contributed by atoms with Crippen molar-refractivity contribution in [1.29, 1.82) is 0 Å². The molecule has 1 aromatic carbocycles. The number of amides is 2. The van der Waals surface area contributed by atoms with Crippen LogP contribution in [0.2, 0.25) is 0 Å². The van der Waals surface area contributed by atoms with E-state index in [0.717, 1.165) is 22.6 Å². The minimum absolute atomic E-state index is 0.0527. The first kappa shape index (κ1) is 19.8. The highest BCUT2D eigenvalue weighted by molar-refractivity contribution is 7.17. The first-order valence-corrected chi connectivity index (χ1v) is 9.78. The molecule has 148 valence electrons. The predicted octanol–water partition coefficient (Wildman–Crippen LogP) is 2.96. The molecule has 0 radical (unpaired) electrons. The van der Waals surface area contributed by atoms with Crippen molar-refractivity contribution in [2.75, 3.05) is 32.8 Å². The maximum absolute atomic E-state index is 12.8. The van der Waals surface area contributed by atoms with Crippen molar-refractivity contribution >= 4 is 28.2 Å². The summed E-state index contributed by atoms with van der Waals surface area (Å²) in [4.78, 5) is 39.2. The minimum Gasteiger partial charge on any atom is -0.494 e. The van der Waals surface area contributed by atoms with Crippen LogP contribution in [0.3, 0.4) is 0 Å². The lowest BCUT2D eigenvalue weighted by molar-refractivity contribution is -0.380. The van der Waals surface area contributed by atoms with Crippen LogP contribution in [0.25, 0.3) is 0 Å². The van der Waals surface area contributed by atoms with E-state index >= 15 is 0 Å². The summed E-state index contributed by atoms with van der Waals surface area (Å²) in [6.45, 7) is 6.01. The van der Waals surface area contributed by atoms with Crippen LogP contribution in [0.5, 0.6) is 5.75 Å². The second kappa shape index (κ2) is 8.39. The molecule has 0 bridgehead atoms. The summed E-state index contributed by atoms with van der Waals surface area (Å²) in [6.07, 6.45) is 0. The molecule has 0 spiro atoms. The molecule has 1 aliphatic heterocycles. The highest BCUT2D eigenvalue weighted by Crippen LogP contribution is 2.26. The topological polar surface area (TPSA) is 93.0 Å². The zero-order valence-corrected chi connectivity index (χ0v) is 16.5. The molecule has 1 fully saturated rings. The van der Waals surface area contributed by atoms with E-state index in [9.17, 15) is 19.7 Å². The van der Waals surface area contributed by atoms with E-state index in [1.165, 1.54) is 12.1 Å². The number of carbonyl (C=O) groups excluding carboxylic acids is 2. The number of piperazine rings is 1. The Balaban J connectivity index is 1.61. The van der Waals surface area contributed by atoms with Crippen LogP contribution in [0.15, 0.2) is 30.3 Å². The van der Waals surface area contributed by atoms with Crippen LogP contribution in [0.4, 0.5) is 5.00 Å². The van der Waals surface area contributed by atoms with E-state index in [1.54, 1.807) is 21.9 Å². The summed E-state index contributed by atoms with van der Waals surface area (Å²) >= 11 is 0.871.